The summed E-state index contributed by atoms with van der Waals surface area (Å²) in [6, 6.07) is 9.67. The van der Waals surface area contributed by atoms with Crippen LogP contribution >= 0.6 is 0 Å². The SMILES string of the molecule is B.N#CCc1ccc(OCC2(O)CN3CCC2CC3)cc1. The molecule has 3 heterocycles. The van der Waals surface area contributed by atoms with Crippen molar-refractivity contribution in [1.82, 2.24) is 4.90 Å². The lowest BCUT2D eigenvalue weighted by Gasteiger charge is -2.49. The van der Waals surface area contributed by atoms with E-state index < -0.39 is 5.60 Å². The number of aliphatic hydroxyl groups is 1. The highest BCUT2D eigenvalue weighted by atomic mass is 16.5. The van der Waals surface area contributed by atoms with E-state index >= 15 is 0 Å². The molecule has 1 aromatic rings. The van der Waals surface area contributed by atoms with Crippen LogP contribution in [0.2, 0.25) is 0 Å². The van der Waals surface area contributed by atoms with Gasteiger partial charge in [0, 0.05) is 6.54 Å². The summed E-state index contributed by atoms with van der Waals surface area (Å²) >= 11 is 0. The second kappa shape index (κ2) is 6.51. The molecule has 3 aliphatic rings. The van der Waals surface area contributed by atoms with Crippen LogP contribution in [0, 0.1) is 17.2 Å². The average Bonchev–Trinajstić information content (AvgIpc) is 2.48. The van der Waals surface area contributed by atoms with Crippen molar-refractivity contribution in [3.63, 3.8) is 0 Å². The number of ether oxygens (including phenoxy) is 1. The molecule has 3 saturated heterocycles. The van der Waals surface area contributed by atoms with Crippen molar-refractivity contribution in [3.8, 4) is 11.8 Å². The molecule has 0 radical (unpaired) electrons. The predicted octanol–water partition coefficient (Wildman–Crippen LogP) is 0.404. The Kier molecular flexibility index (Phi) is 4.92. The number of nitrogens with zero attached hydrogens (tertiary/aromatic N) is 2. The molecule has 1 atom stereocenters. The van der Waals surface area contributed by atoms with E-state index in [1.54, 1.807) is 0 Å². The lowest BCUT2D eigenvalue weighted by Crippen LogP contribution is -2.61. The maximum Gasteiger partial charge on any atom is 0.119 e. The van der Waals surface area contributed by atoms with Crippen LogP contribution in [0.4, 0.5) is 0 Å². The van der Waals surface area contributed by atoms with Gasteiger partial charge in [-0.15, -0.1) is 0 Å². The van der Waals surface area contributed by atoms with E-state index in [1.165, 1.54) is 0 Å². The van der Waals surface area contributed by atoms with Crippen molar-refractivity contribution >= 4 is 8.41 Å². The Balaban J connectivity index is 0.00000161. The first-order valence-electron chi connectivity index (χ1n) is 7.23. The Hall–Kier alpha value is -1.51. The molecule has 3 fully saturated rings. The first-order chi connectivity index (χ1) is 9.69. The summed E-state index contributed by atoms with van der Waals surface area (Å²) in [6.07, 6.45) is 2.56. The summed E-state index contributed by atoms with van der Waals surface area (Å²) in [5.74, 6) is 1.13. The molecule has 0 aliphatic carbocycles. The number of rotatable bonds is 4. The van der Waals surface area contributed by atoms with Crippen LogP contribution in [-0.2, 0) is 6.42 Å². The lowest BCUT2D eigenvalue weighted by atomic mass is 9.76. The highest BCUT2D eigenvalue weighted by Gasteiger charge is 2.45. The second-order valence-corrected chi connectivity index (χ2v) is 5.92. The minimum atomic E-state index is -0.707. The Morgan fingerprint density at radius 1 is 1.29 bits per heavy atom. The fourth-order valence-corrected chi connectivity index (χ4v) is 3.31. The molecule has 3 aliphatic heterocycles. The summed E-state index contributed by atoms with van der Waals surface area (Å²) in [7, 11) is 0. The number of fused-ring (bicyclic) bond motifs is 3. The number of piperidine rings is 3. The van der Waals surface area contributed by atoms with Crippen molar-refractivity contribution in [2.75, 3.05) is 26.2 Å². The molecule has 4 nitrogen and oxygen atoms in total. The normalized spacial score (nSPS) is 30.3. The van der Waals surface area contributed by atoms with Crippen LogP contribution in [-0.4, -0.2) is 50.3 Å². The van der Waals surface area contributed by atoms with E-state index in [1.807, 2.05) is 24.3 Å². The van der Waals surface area contributed by atoms with Gasteiger partial charge in [0.15, 0.2) is 0 Å². The van der Waals surface area contributed by atoms with Crippen molar-refractivity contribution in [2.24, 2.45) is 5.92 Å². The molecule has 4 rings (SSSR count). The van der Waals surface area contributed by atoms with Crippen LogP contribution in [0.25, 0.3) is 0 Å². The van der Waals surface area contributed by atoms with Gasteiger partial charge < -0.3 is 14.7 Å². The van der Waals surface area contributed by atoms with E-state index in [0.29, 0.717) is 18.9 Å². The maximum atomic E-state index is 10.8. The smallest absolute Gasteiger partial charge is 0.119 e. The Morgan fingerprint density at radius 3 is 2.48 bits per heavy atom. The molecule has 0 spiro atoms. The minimum Gasteiger partial charge on any atom is -0.491 e. The van der Waals surface area contributed by atoms with Gasteiger partial charge in [-0.1, -0.05) is 12.1 Å². The molecule has 0 amide bonds. The van der Waals surface area contributed by atoms with E-state index in [2.05, 4.69) is 11.0 Å². The van der Waals surface area contributed by atoms with Crippen molar-refractivity contribution in [1.29, 1.82) is 5.26 Å². The standard InChI is InChI=1S/C16H20N2O2.BH3/c17-8-5-13-1-3-15(4-2-13)20-12-16(19)11-18-9-6-14(16)7-10-18;/h1-4,14,19H,5-7,9-12H2;1H3. The molecule has 5 heteroatoms. The quantitative estimate of drug-likeness (QED) is 0.814. The third kappa shape index (κ3) is 3.40. The van der Waals surface area contributed by atoms with E-state index in [4.69, 9.17) is 10.00 Å². The number of benzene rings is 1. The molecular weight excluding hydrogens is 263 g/mol. The highest BCUT2D eigenvalue weighted by molar-refractivity contribution is 5.75. The largest absolute Gasteiger partial charge is 0.491 e. The molecule has 1 N–H and O–H groups in total. The highest BCUT2D eigenvalue weighted by Crippen LogP contribution is 2.35. The van der Waals surface area contributed by atoms with Gasteiger partial charge in [-0.25, -0.2) is 0 Å². The first-order valence-corrected chi connectivity index (χ1v) is 7.23. The molecule has 112 valence electrons. The van der Waals surface area contributed by atoms with Crippen LogP contribution in [0.3, 0.4) is 0 Å². The van der Waals surface area contributed by atoms with Gasteiger partial charge in [0.2, 0.25) is 0 Å². The van der Waals surface area contributed by atoms with Gasteiger partial charge in [0.1, 0.15) is 18.0 Å². The van der Waals surface area contributed by atoms with Crippen molar-refractivity contribution < 1.29 is 9.84 Å². The molecule has 1 aromatic carbocycles. The maximum absolute atomic E-state index is 10.8. The molecule has 21 heavy (non-hydrogen) atoms. The number of hydrogen-bond donors (Lipinski definition) is 1. The fourth-order valence-electron chi connectivity index (χ4n) is 3.31. The zero-order chi connectivity index (χ0) is 14.0. The number of nitriles is 1. The zero-order valence-electron chi connectivity index (χ0n) is 11.6. The molecule has 2 bridgehead atoms. The van der Waals surface area contributed by atoms with E-state index in [-0.39, 0.29) is 8.41 Å². The minimum absolute atomic E-state index is 0. The van der Waals surface area contributed by atoms with Crippen LogP contribution in [0.15, 0.2) is 24.3 Å². The van der Waals surface area contributed by atoms with E-state index in [9.17, 15) is 5.11 Å². The lowest BCUT2D eigenvalue weighted by molar-refractivity contribution is -0.131. The number of hydrogen-bond acceptors (Lipinski definition) is 4. The van der Waals surface area contributed by atoms with Crippen molar-refractivity contribution in [2.45, 2.75) is 24.9 Å². The van der Waals surface area contributed by atoms with Gasteiger partial charge in [-0.2, -0.15) is 5.26 Å². The average molecular weight is 286 g/mol. The third-order valence-corrected chi connectivity index (χ3v) is 4.54. The Labute approximate surface area is 127 Å². The van der Waals surface area contributed by atoms with Gasteiger partial charge in [-0.3, -0.25) is 0 Å². The monoisotopic (exact) mass is 286 g/mol. The Morgan fingerprint density at radius 2 is 1.95 bits per heavy atom. The van der Waals surface area contributed by atoms with Gasteiger partial charge in [0.25, 0.3) is 0 Å². The summed E-state index contributed by atoms with van der Waals surface area (Å²) in [5.41, 5.74) is 0.281. The molecule has 0 aromatic heterocycles. The summed E-state index contributed by atoms with van der Waals surface area (Å²) in [5, 5.41) is 19.4. The predicted molar refractivity (Wildman–Crippen MR) is 85.3 cm³/mol. The third-order valence-electron chi connectivity index (χ3n) is 4.54. The zero-order valence-corrected chi connectivity index (χ0v) is 11.6. The molecule has 1 unspecified atom stereocenters. The van der Waals surface area contributed by atoms with E-state index in [0.717, 1.165) is 43.8 Å². The summed E-state index contributed by atoms with van der Waals surface area (Å²) in [4.78, 5) is 2.32. The van der Waals surface area contributed by atoms with Gasteiger partial charge in [-0.05, 0) is 49.5 Å². The first kappa shape index (κ1) is 15.9. The summed E-state index contributed by atoms with van der Waals surface area (Å²) in [6.45, 7) is 3.29. The van der Waals surface area contributed by atoms with Crippen LogP contribution in [0.5, 0.6) is 5.75 Å². The summed E-state index contributed by atoms with van der Waals surface area (Å²) < 4.78 is 5.77. The second-order valence-electron chi connectivity index (χ2n) is 5.92. The van der Waals surface area contributed by atoms with Crippen LogP contribution in [0.1, 0.15) is 18.4 Å². The Bertz CT molecular complexity index is 506. The van der Waals surface area contributed by atoms with Crippen LogP contribution < -0.4 is 4.74 Å². The van der Waals surface area contributed by atoms with Crippen molar-refractivity contribution in [3.05, 3.63) is 29.8 Å². The fraction of sp³-hybridized carbons (Fsp3) is 0.562. The topological polar surface area (TPSA) is 56.5 Å². The van der Waals surface area contributed by atoms with Gasteiger partial charge in [0.05, 0.1) is 20.9 Å². The molecular formula is C16H23BN2O2. The van der Waals surface area contributed by atoms with Gasteiger partial charge >= 0.3 is 0 Å². The molecule has 0 saturated carbocycles.